The van der Waals surface area contributed by atoms with Crippen molar-refractivity contribution in [2.75, 3.05) is 33.2 Å². The summed E-state index contributed by atoms with van der Waals surface area (Å²) in [4.78, 5) is 0. The van der Waals surface area contributed by atoms with Gasteiger partial charge in [0, 0.05) is 25.2 Å². The standard InChI is InChI=1S/C24H38N4/c1-26-16-9-8-14-23(19-25)28-20-24(18-22-12-6-3-7-13-22)27-17-15-21-10-4-2-5-11-21/h2-7,10-13,23-24,26-28H,8-9,14-20,25H2,1H3/t23-,24-/m0/s1. The highest BCUT2D eigenvalue weighted by molar-refractivity contribution is 5.17. The van der Waals surface area contributed by atoms with Gasteiger partial charge in [-0.05, 0) is 56.9 Å². The fourth-order valence-corrected chi connectivity index (χ4v) is 3.49. The fraction of sp³-hybridized carbons (Fsp3) is 0.500. The van der Waals surface area contributed by atoms with Crippen LogP contribution in [0.4, 0.5) is 0 Å². The lowest BCUT2D eigenvalue weighted by atomic mass is 10.0. The van der Waals surface area contributed by atoms with E-state index in [-0.39, 0.29) is 0 Å². The van der Waals surface area contributed by atoms with Crippen LogP contribution in [-0.2, 0) is 12.8 Å². The van der Waals surface area contributed by atoms with Gasteiger partial charge in [0.2, 0.25) is 0 Å². The van der Waals surface area contributed by atoms with Crippen molar-refractivity contribution in [2.45, 2.75) is 44.2 Å². The highest BCUT2D eigenvalue weighted by atomic mass is 15.0. The van der Waals surface area contributed by atoms with E-state index in [2.05, 4.69) is 76.6 Å². The summed E-state index contributed by atoms with van der Waals surface area (Å²) in [6.07, 6.45) is 5.63. The molecule has 0 saturated heterocycles. The van der Waals surface area contributed by atoms with Crippen molar-refractivity contribution in [2.24, 2.45) is 5.73 Å². The van der Waals surface area contributed by atoms with Gasteiger partial charge in [0.05, 0.1) is 0 Å². The Labute approximate surface area is 171 Å². The average molecular weight is 383 g/mol. The van der Waals surface area contributed by atoms with Crippen LogP contribution in [0.1, 0.15) is 30.4 Å². The Hall–Kier alpha value is -1.72. The van der Waals surface area contributed by atoms with Crippen LogP contribution in [0.3, 0.4) is 0 Å². The molecule has 2 rings (SSSR count). The summed E-state index contributed by atoms with van der Waals surface area (Å²) in [5.41, 5.74) is 8.76. The van der Waals surface area contributed by atoms with Crippen molar-refractivity contribution in [1.29, 1.82) is 0 Å². The van der Waals surface area contributed by atoms with Gasteiger partial charge in [-0.25, -0.2) is 0 Å². The molecule has 2 aromatic rings. The zero-order valence-electron chi connectivity index (χ0n) is 17.4. The third-order valence-electron chi connectivity index (χ3n) is 5.18. The smallest absolute Gasteiger partial charge is 0.0233 e. The molecule has 0 saturated carbocycles. The van der Waals surface area contributed by atoms with Gasteiger partial charge in [-0.1, -0.05) is 67.1 Å². The molecule has 4 heteroatoms. The van der Waals surface area contributed by atoms with E-state index in [0.717, 1.165) is 38.9 Å². The summed E-state index contributed by atoms with van der Waals surface area (Å²) in [5.74, 6) is 0. The lowest BCUT2D eigenvalue weighted by Crippen LogP contribution is -2.46. The second-order valence-electron chi connectivity index (χ2n) is 7.52. The topological polar surface area (TPSA) is 62.1 Å². The summed E-state index contributed by atoms with van der Waals surface area (Å²) in [6.45, 7) is 3.70. The molecule has 0 radical (unpaired) electrons. The number of nitrogens with one attached hydrogen (secondary N) is 3. The van der Waals surface area contributed by atoms with E-state index < -0.39 is 0 Å². The Bertz CT molecular complexity index is 603. The molecule has 2 atom stereocenters. The quantitative estimate of drug-likeness (QED) is 0.358. The number of rotatable bonds is 15. The molecule has 0 unspecified atom stereocenters. The first-order chi connectivity index (χ1) is 13.8. The van der Waals surface area contributed by atoms with Crippen LogP contribution >= 0.6 is 0 Å². The Morgan fingerprint density at radius 2 is 1.46 bits per heavy atom. The van der Waals surface area contributed by atoms with E-state index in [0.29, 0.717) is 18.6 Å². The molecule has 0 aliphatic rings. The Morgan fingerprint density at radius 3 is 2.11 bits per heavy atom. The van der Waals surface area contributed by atoms with Crippen molar-refractivity contribution in [1.82, 2.24) is 16.0 Å². The minimum atomic E-state index is 0.394. The summed E-state index contributed by atoms with van der Waals surface area (Å²) >= 11 is 0. The third-order valence-corrected chi connectivity index (χ3v) is 5.18. The fourth-order valence-electron chi connectivity index (χ4n) is 3.49. The molecular formula is C24H38N4. The molecule has 0 aromatic heterocycles. The van der Waals surface area contributed by atoms with E-state index in [1.165, 1.54) is 24.0 Å². The van der Waals surface area contributed by atoms with Gasteiger partial charge in [-0.15, -0.1) is 0 Å². The molecule has 0 bridgehead atoms. The highest BCUT2D eigenvalue weighted by Crippen LogP contribution is 2.05. The minimum absolute atomic E-state index is 0.394. The van der Waals surface area contributed by atoms with Gasteiger partial charge in [0.15, 0.2) is 0 Å². The minimum Gasteiger partial charge on any atom is -0.329 e. The number of nitrogens with two attached hydrogens (primary N) is 1. The molecule has 0 heterocycles. The lowest BCUT2D eigenvalue weighted by Gasteiger charge is -2.24. The predicted molar refractivity (Wildman–Crippen MR) is 121 cm³/mol. The van der Waals surface area contributed by atoms with Crippen LogP contribution in [-0.4, -0.2) is 45.3 Å². The molecule has 0 aliphatic heterocycles. The molecule has 0 amide bonds. The molecule has 154 valence electrons. The van der Waals surface area contributed by atoms with Gasteiger partial charge < -0.3 is 21.7 Å². The zero-order valence-corrected chi connectivity index (χ0v) is 17.4. The van der Waals surface area contributed by atoms with E-state index >= 15 is 0 Å². The SMILES string of the molecule is CNCCCC[C@@H](CN)NC[C@H](Cc1ccccc1)NCCc1ccccc1. The summed E-state index contributed by atoms with van der Waals surface area (Å²) in [5, 5.41) is 10.7. The summed E-state index contributed by atoms with van der Waals surface area (Å²) in [6, 6.07) is 22.2. The predicted octanol–water partition coefficient (Wildman–Crippen LogP) is 2.74. The normalized spacial score (nSPS) is 13.4. The molecule has 5 N–H and O–H groups in total. The Kier molecular flexibility index (Phi) is 11.5. The van der Waals surface area contributed by atoms with Crippen LogP contribution < -0.4 is 21.7 Å². The molecule has 0 aliphatic carbocycles. The van der Waals surface area contributed by atoms with Crippen LogP contribution in [0, 0.1) is 0 Å². The van der Waals surface area contributed by atoms with Gasteiger partial charge in [-0.3, -0.25) is 0 Å². The van der Waals surface area contributed by atoms with Gasteiger partial charge >= 0.3 is 0 Å². The van der Waals surface area contributed by atoms with E-state index in [9.17, 15) is 0 Å². The van der Waals surface area contributed by atoms with Gasteiger partial charge in [0.25, 0.3) is 0 Å². The number of unbranched alkanes of at least 4 members (excludes halogenated alkanes) is 1. The lowest BCUT2D eigenvalue weighted by molar-refractivity contribution is 0.409. The van der Waals surface area contributed by atoms with Gasteiger partial charge in [-0.2, -0.15) is 0 Å². The number of benzene rings is 2. The van der Waals surface area contributed by atoms with Crippen molar-refractivity contribution in [3.05, 3.63) is 71.8 Å². The van der Waals surface area contributed by atoms with E-state index in [1.54, 1.807) is 0 Å². The molecule has 4 nitrogen and oxygen atoms in total. The first-order valence-corrected chi connectivity index (χ1v) is 10.7. The molecular weight excluding hydrogens is 344 g/mol. The number of hydrogen-bond donors (Lipinski definition) is 4. The second-order valence-corrected chi connectivity index (χ2v) is 7.52. The maximum absolute atomic E-state index is 6.00. The summed E-state index contributed by atoms with van der Waals surface area (Å²) in [7, 11) is 2.01. The van der Waals surface area contributed by atoms with Crippen LogP contribution in [0.15, 0.2) is 60.7 Å². The maximum atomic E-state index is 6.00. The maximum Gasteiger partial charge on any atom is 0.0233 e. The zero-order chi connectivity index (χ0) is 19.9. The van der Waals surface area contributed by atoms with Crippen LogP contribution in [0.2, 0.25) is 0 Å². The first-order valence-electron chi connectivity index (χ1n) is 10.7. The highest BCUT2D eigenvalue weighted by Gasteiger charge is 2.12. The third kappa shape index (κ3) is 9.47. The van der Waals surface area contributed by atoms with Crippen molar-refractivity contribution in [3.63, 3.8) is 0 Å². The molecule has 0 fully saturated rings. The first kappa shape index (κ1) is 22.6. The number of hydrogen-bond acceptors (Lipinski definition) is 4. The Balaban J connectivity index is 1.82. The molecule has 0 spiro atoms. The Morgan fingerprint density at radius 1 is 0.786 bits per heavy atom. The van der Waals surface area contributed by atoms with E-state index in [4.69, 9.17) is 5.73 Å². The average Bonchev–Trinajstić information content (AvgIpc) is 2.74. The molecule has 2 aromatic carbocycles. The van der Waals surface area contributed by atoms with Gasteiger partial charge in [0.1, 0.15) is 0 Å². The monoisotopic (exact) mass is 382 g/mol. The second kappa shape index (κ2) is 14.3. The van der Waals surface area contributed by atoms with Crippen LogP contribution in [0.25, 0.3) is 0 Å². The molecule has 28 heavy (non-hydrogen) atoms. The van der Waals surface area contributed by atoms with Crippen molar-refractivity contribution < 1.29 is 0 Å². The largest absolute Gasteiger partial charge is 0.329 e. The van der Waals surface area contributed by atoms with Crippen molar-refractivity contribution >= 4 is 0 Å². The van der Waals surface area contributed by atoms with Crippen molar-refractivity contribution in [3.8, 4) is 0 Å². The van der Waals surface area contributed by atoms with E-state index in [1.807, 2.05) is 7.05 Å². The summed E-state index contributed by atoms with van der Waals surface area (Å²) < 4.78 is 0. The van der Waals surface area contributed by atoms with Crippen LogP contribution in [0.5, 0.6) is 0 Å².